The third kappa shape index (κ3) is 1.64. The van der Waals surface area contributed by atoms with Crippen LogP contribution in [-0.2, 0) is 4.74 Å². The molecular weight excluding hydrogens is 116 g/mol. The molecule has 1 fully saturated rings. The lowest BCUT2D eigenvalue weighted by atomic mass is 10.2. The van der Waals surface area contributed by atoms with Crippen LogP contribution in [0.2, 0.25) is 0 Å². The molecule has 0 amide bonds. The van der Waals surface area contributed by atoms with Gasteiger partial charge in [-0.2, -0.15) is 0 Å². The molecule has 1 rings (SSSR count). The van der Waals surface area contributed by atoms with Crippen LogP contribution in [0.25, 0.3) is 0 Å². The molecule has 1 heterocycles. The molecule has 0 spiro atoms. The lowest BCUT2D eigenvalue weighted by Crippen LogP contribution is -2.42. The maximum Gasteiger partial charge on any atom is 0.120 e. The van der Waals surface area contributed by atoms with E-state index in [0.29, 0.717) is 6.04 Å². The number of methoxy groups -OCH3 is 1. The van der Waals surface area contributed by atoms with Gasteiger partial charge in [0.2, 0.25) is 0 Å². The summed E-state index contributed by atoms with van der Waals surface area (Å²) in [6.07, 6.45) is 2.25. The number of hydrogen-bond donors (Lipinski definition) is 2. The first-order valence-electron chi connectivity index (χ1n) is 3.36. The molecule has 3 heteroatoms. The number of nitrogens with one attached hydrogen (secondary N) is 1. The molecule has 2 atom stereocenters. The maximum absolute atomic E-state index is 5.59. The minimum absolute atomic E-state index is 0.118. The van der Waals surface area contributed by atoms with Crippen molar-refractivity contribution >= 4 is 0 Å². The Hall–Kier alpha value is -0.120. The predicted molar refractivity (Wildman–Crippen MR) is 36.0 cm³/mol. The first-order chi connectivity index (χ1) is 4.34. The summed E-state index contributed by atoms with van der Waals surface area (Å²) >= 11 is 0. The van der Waals surface area contributed by atoms with Crippen molar-refractivity contribution in [3.63, 3.8) is 0 Å². The third-order valence-electron chi connectivity index (χ3n) is 1.77. The second-order valence-corrected chi connectivity index (χ2v) is 2.40. The van der Waals surface area contributed by atoms with Crippen LogP contribution in [0.15, 0.2) is 0 Å². The Morgan fingerprint density at radius 1 is 1.78 bits per heavy atom. The summed E-state index contributed by atoms with van der Waals surface area (Å²) in [7, 11) is 1.64. The Balaban J connectivity index is 2.24. The second-order valence-electron chi connectivity index (χ2n) is 2.40. The number of hydrogen-bond acceptors (Lipinski definition) is 3. The largest absolute Gasteiger partial charge is 0.365 e. The Morgan fingerprint density at radius 3 is 3.00 bits per heavy atom. The van der Waals surface area contributed by atoms with Crippen LogP contribution in [0, 0.1) is 0 Å². The minimum atomic E-state index is -0.118. The van der Waals surface area contributed by atoms with Gasteiger partial charge in [0.15, 0.2) is 0 Å². The standard InChI is InChI=1S/C6H14N2O/c1-9-6(7)5-3-2-4-8-5/h5-6,8H,2-4,7H2,1H3/t5-,6?/m0/s1. The van der Waals surface area contributed by atoms with Gasteiger partial charge >= 0.3 is 0 Å². The van der Waals surface area contributed by atoms with Crippen molar-refractivity contribution in [2.24, 2.45) is 5.73 Å². The number of ether oxygens (including phenoxy) is 1. The van der Waals surface area contributed by atoms with Crippen molar-refractivity contribution in [3.8, 4) is 0 Å². The maximum atomic E-state index is 5.59. The quantitative estimate of drug-likeness (QED) is 0.503. The van der Waals surface area contributed by atoms with E-state index in [1.165, 1.54) is 6.42 Å². The fourth-order valence-electron chi connectivity index (χ4n) is 1.16. The van der Waals surface area contributed by atoms with Crippen LogP contribution in [0.4, 0.5) is 0 Å². The van der Waals surface area contributed by atoms with E-state index in [0.717, 1.165) is 13.0 Å². The van der Waals surface area contributed by atoms with Crippen molar-refractivity contribution in [2.45, 2.75) is 25.1 Å². The van der Waals surface area contributed by atoms with E-state index >= 15 is 0 Å². The van der Waals surface area contributed by atoms with Crippen LogP contribution in [-0.4, -0.2) is 25.9 Å². The van der Waals surface area contributed by atoms with Crippen molar-refractivity contribution in [3.05, 3.63) is 0 Å². The summed E-state index contributed by atoms with van der Waals surface area (Å²) in [5.74, 6) is 0. The Labute approximate surface area is 55.6 Å². The van der Waals surface area contributed by atoms with E-state index in [9.17, 15) is 0 Å². The summed E-state index contributed by atoms with van der Waals surface area (Å²) in [5.41, 5.74) is 5.59. The van der Waals surface area contributed by atoms with Crippen LogP contribution < -0.4 is 11.1 Å². The molecule has 1 unspecified atom stereocenters. The number of rotatable bonds is 2. The number of nitrogens with two attached hydrogens (primary N) is 1. The summed E-state index contributed by atoms with van der Waals surface area (Å²) in [5, 5.41) is 3.26. The molecule has 0 aromatic heterocycles. The van der Waals surface area contributed by atoms with Crippen molar-refractivity contribution in [2.75, 3.05) is 13.7 Å². The van der Waals surface area contributed by atoms with E-state index in [1.807, 2.05) is 0 Å². The van der Waals surface area contributed by atoms with E-state index in [2.05, 4.69) is 5.32 Å². The fourth-order valence-corrected chi connectivity index (χ4v) is 1.16. The Bertz CT molecular complexity index is 81.1. The highest BCUT2D eigenvalue weighted by Gasteiger charge is 2.20. The zero-order valence-electron chi connectivity index (χ0n) is 5.76. The van der Waals surface area contributed by atoms with Crippen molar-refractivity contribution < 1.29 is 4.74 Å². The molecule has 0 saturated carbocycles. The zero-order valence-corrected chi connectivity index (χ0v) is 5.76. The van der Waals surface area contributed by atoms with E-state index in [4.69, 9.17) is 10.5 Å². The van der Waals surface area contributed by atoms with Crippen LogP contribution in [0.5, 0.6) is 0 Å². The molecule has 1 aliphatic heterocycles. The van der Waals surface area contributed by atoms with Gasteiger partial charge in [0.05, 0.1) is 0 Å². The van der Waals surface area contributed by atoms with Gasteiger partial charge < -0.3 is 15.8 Å². The lowest BCUT2D eigenvalue weighted by Gasteiger charge is -2.16. The van der Waals surface area contributed by atoms with Gasteiger partial charge in [-0.3, -0.25) is 0 Å². The Morgan fingerprint density at radius 2 is 2.56 bits per heavy atom. The van der Waals surface area contributed by atoms with Gasteiger partial charge in [-0.1, -0.05) is 0 Å². The highest BCUT2D eigenvalue weighted by molar-refractivity contribution is 4.78. The van der Waals surface area contributed by atoms with E-state index in [-0.39, 0.29) is 6.23 Å². The van der Waals surface area contributed by atoms with Crippen LogP contribution in [0.3, 0.4) is 0 Å². The topological polar surface area (TPSA) is 47.3 Å². The van der Waals surface area contributed by atoms with Crippen molar-refractivity contribution in [1.29, 1.82) is 0 Å². The first-order valence-corrected chi connectivity index (χ1v) is 3.36. The van der Waals surface area contributed by atoms with Gasteiger partial charge in [0, 0.05) is 13.2 Å². The average molecular weight is 130 g/mol. The third-order valence-corrected chi connectivity index (χ3v) is 1.77. The van der Waals surface area contributed by atoms with Crippen LogP contribution in [0.1, 0.15) is 12.8 Å². The zero-order chi connectivity index (χ0) is 6.69. The SMILES string of the molecule is COC(N)[C@@H]1CCCN1. The highest BCUT2D eigenvalue weighted by atomic mass is 16.5. The highest BCUT2D eigenvalue weighted by Crippen LogP contribution is 2.07. The van der Waals surface area contributed by atoms with Gasteiger partial charge in [0.1, 0.15) is 6.23 Å². The molecule has 0 aliphatic carbocycles. The van der Waals surface area contributed by atoms with E-state index < -0.39 is 0 Å². The van der Waals surface area contributed by atoms with E-state index in [1.54, 1.807) is 7.11 Å². The molecule has 1 aliphatic rings. The molecule has 0 radical (unpaired) electrons. The molecule has 3 N–H and O–H groups in total. The summed E-state index contributed by atoms with van der Waals surface area (Å²) in [6.45, 7) is 1.09. The van der Waals surface area contributed by atoms with Gasteiger partial charge in [0.25, 0.3) is 0 Å². The fraction of sp³-hybridized carbons (Fsp3) is 1.00. The molecular formula is C6H14N2O. The second kappa shape index (κ2) is 3.15. The first kappa shape index (κ1) is 6.99. The molecule has 0 aromatic rings. The molecule has 3 nitrogen and oxygen atoms in total. The summed E-state index contributed by atoms with van der Waals surface area (Å²) in [6, 6.07) is 0.384. The van der Waals surface area contributed by atoms with Crippen LogP contribution >= 0.6 is 0 Å². The Kier molecular flexibility index (Phi) is 2.45. The minimum Gasteiger partial charge on any atom is -0.365 e. The van der Waals surface area contributed by atoms with Gasteiger partial charge in [-0.15, -0.1) is 0 Å². The van der Waals surface area contributed by atoms with Gasteiger partial charge in [-0.25, -0.2) is 0 Å². The average Bonchev–Trinajstić information content (AvgIpc) is 2.37. The molecule has 9 heavy (non-hydrogen) atoms. The monoisotopic (exact) mass is 130 g/mol. The van der Waals surface area contributed by atoms with Crippen molar-refractivity contribution in [1.82, 2.24) is 5.32 Å². The molecule has 1 saturated heterocycles. The summed E-state index contributed by atoms with van der Waals surface area (Å²) < 4.78 is 4.95. The normalized spacial score (nSPS) is 30.7. The lowest BCUT2D eigenvalue weighted by molar-refractivity contribution is 0.0797. The predicted octanol–water partition coefficient (Wildman–Crippen LogP) is -0.330. The molecule has 54 valence electrons. The summed E-state index contributed by atoms with van der Waals surface area (Å²) in [4.78, 5) is 0. The molecule has 0 bridgehead atoms. The molecule has 0 aromatic carbocycles. The van der Waals surface area contributed by atoms with Gasteiger partial charge in [-0.05, 0) is 19.4 Å². The smallest absolute Gasteiger partial charge is 0.120 e.